The third-order valence-corrected chi connectivity index (χ3v) is 2.08. The van der Waals surface area contributed by atoms with E-state index in [9.17, 15) is 0 Å². The topological polar surface area (TPSA) is 3.24 Å². The highest BCUT2D eigenvalue weighted by molar-refractivity contribution is 8.02. The number of thioether (sulfide) groups is 1. The Hall–Kier alpha value is -0.370. The number of rotatable bonds is 1. The van der Waals surface area contributed by atoms with Gasteiger partial charge in [0.25, 0.3) is 0 Å². The summed E-state index contributed by atoms with van der Waals surface area (Å²) >= 11 is 1.80. The largest absolute Gasteiger partial charge is 0.377 e. The van der Waals surface area contributed by atoms with Crippen LogP contribution in [0.3, 0.4) is 0 Å². The van der Waals surface area contributed by atoms with Gasteiger partial charge in [0.2, 0.25) is 0 Å². The molecule has 0 unspecified atom stereocenters. The van der Waals surface area contributed by atoms with Gasteiger partial charge in [-0.1, -0.05) is 6.08 Å². The van der Waals surface area contributed by atoms with E-state index in [4.69, 9.17) is 0 Å². The van der Waals surface area contributed by atoms with Gasteiger partial charge in [0.15, 0.2) is 0 Å². The van der Waals surface area contributed by atoms with Crippen LogP contribution >= 0.6 is 11.8 Å². The van der Waals surface area contributed by atoms with Gasteiger partial charge in [-0.3, -0.25) is 0 Å². The molecular weight excluding hydrogens is 130 g/mol. The van der Waals surface area contributed by atoms with Gasteiger partial charge >= 0.3 is 0 Å². The summed E-state index contributed by atoms with van der Waals surface area (Å²) in [5, 5.41) is 0. The Labute approximate surface area is 60.4 Å². The maximum Gasteiger partial charge on any atom is 0.0364 e. The van der Waals surface area contributed by atoms with Crippen LogP contribution in [0.5, 0.6) is 0 Å². The Morgan fingerprint density at radius 1 is 1.67 bits per heavy atom. The molecule has 0 aromatic heterocycles. The molecule has 1 rings (SSSR count). The van der Waals surface area contributed by atoms with Crippen molar-refractivity contribution >= 4 is 11.8 Å². The van der Waals surface area contributed by atoms with Crippen LogP contribution in [-0.4, -0.2) is 24.7 Å². The minimum atomic E-state index is 1.05. The summed E-state index contributed by atoms with van der Waals surface area (Å²) in [5.41, 5.74) is 0. The average molecular weight is 141 g/mol. The van der Waals surface area contributed by atoms with E-state index in [0.717, 1.165) is 6.54 Å². The second kappa shape index (κ2) is 2.97. The Morgan fingerprint density at radius 2 is 2.44 bits per heavy atom. The molecule has 0 saturated heterocycles. The molecule has 0 amide bonds. The van der Waals surface area contributed by atoms with Crippen molar-refractivity contribution in [1.29, 1.82) is 0 Å². The highest BCUT2D eigenvalue weighted by Crippen LogP contribution is 2.15. The van der Waals surface area contributed by atoms with Crippen LogP contribution in [-0.2, 0) is 0 Å². The van der Waals surface area contributed by atoms with Crippen LogP contribution in [0.1, 0.15) is 0 Å². The van der Waals surface area contributed by atoms with Crippen LogP contribution < -0.4 is 0 Å². The molecule has 9 heavy (non-hydrogen) atoms. The lowest BCUT2D eigenvalue weighted by molar-refractivity contribution is 0.504. The molecule has 0 atom stereocenters. The van der Waals surface area contributed by atoms with E-state index < -0.39 is 0 Å². The first-order valence-corrected chi connectivity index (χ1v) is 4.18. The Balaban J connectivity index is 2.52. The SMILES string of the molecule is CSC1=CCN(C)C=C1. The number of hydrogen-bond donors (Lipinski definition) is 0. The van der Waals surface area contributed by atoms with Gasteiger partial charge in [0, 0.05) is 24.7 Å². The number of likely N-dealkylation sites (N-methyl/N-ethyl adjacent to an activating group) is 1. The zero-order chi connectivity index (χ0) is 6.69. The quantitative estimate of drug-likeness (QED) is 0.546. The molecule has 0 N–H and O–H groups in total. The minimum Gasteiger partial charge on any atom is -0.377 e. The molecule has 2 heteroatoms. The summed E-state index contributed by atoms with van der Waals surface area (Å²) in [5.74, 6) is 0. The molecule has 0 spiro atoms. The van der Waals surface area contributed by atoms with E-state index in [1.807, 2.05) is 0 Å². The van der Waals surface area contributed by atoms with E-state index in [1.54, 1.807) is 11.8 Å². The van der Waals surface area contributed by atoms with Crippen molar-refractivity contribution in [1.82, 2.24) is 4.90 Å². The van der Waals surface area contributed by atoms with Gasteiger partial charge < -0.3 is 4.90 Å². The molecule has 0 saturated carbocycles. The third-order valence-electron chi connectivity index (χ3n) is 1.31. The minimum absolute atomic E-state index is 1.05. The highest BCUT2D eigenvalue weighted by atomic mass is 32.2. The Kier molecular flexibility index (Phi) is 2.22. The molecule has 0 aliphatic carbocycles. The molecule has 0 bridgehead atoms. The zero-order valence-corrected chi connectivity index (χ0v) is 6.61. The maximum atomic E-state index is 2.23. The fourth-order valence-corrected chi connectivity index (χ4v) is 1.15. The molecule has 0 fully saturated rings. The van der Waals surface area contributed by atoms with Gasteiger partial charge in [-0.15, -0.1) is 11.8 Å². The predicted octanol–water partition coefficient (Wildman–Crippen LogP) is 1.69. The first-order chi connectivity index (χ1) is 4.33. The van der Waals surface area contributed by atoms with E-state index in [0.29, 0.717) is 0 Å². The monoisotopic (exact) mass is 141 g/mol. The fourth-order valence-electron chi connectivity index (χ4n) is 0.715. The normalized spacial score (nSPS) is 18.0. The molecule has 0 aromatic rings. The van der Waals surface area contributed by atoms with E-state index >= 15 is 0 Å². The lowest BCUT2D eigenvalue weighted by Crippen LogP contribution is -2.12. The van der Waals surface area contributed by atoms with Crippen LogP contribution in [0.4, 0.5) is 0 Å². The smallest absolute Gasteiger partial charge is 0.0364 e. The van der Waals surface area contributed by atoms with Crippen LogP contribution in [0.15, 0.2) is 23.3 Å². The van der Waals surface area contributed by atoms with Gasteiger partial charge in [-0.2, -0.15) is 0 Å². The van der Waals surface area contributed by atoms with E-state index in [2.05, 4.69) is 36.6 Å². The maximum absolute atomic E-state index is 2.23. The molecule has 0 radical (unpaired) electrons. The standard InChI is InChI=1S/C7H11NS/c1-8-5-3-7(9-2)4-6-8/h3-5H,6H2,1-2H3. The van der Waals surface area contributed by atoms with Crippen molar-refractivity contribution in [3.8, 4) is 0 Å². The zero-order valence-electron chi connectivity index (χ0n) is 5.79. The lowest BCUT2D eigenvalue weighted by Gasteiger charge is -2.15. The first kappa shape index (κ1) is 6.75. The Bertz CT molecular complexity index is 149. The third kappa shape index (κ3) is 1.79. The van der Waals surface area contributed by atoms with Crippen LogP contribution in [0.2, 0.25) is 0 Å². The summed E-state index contributed by atoms with van der Waals surface area (Å²) in [6, 6.07) is 0. The molecule has 0 aromatic carbocycles. The summed E-state index contributed by atoms with van der Waals surface area (Å²) < 4.78 is 0. The number of nitrogens with zero attached hydrogens (tertiary/aromatic N) is 1. The fraction of sp³-hybridized carbons (Fsp3) is 0.429. The van der Waals surface area contributed by atoms with Crippen molar-refractivity contribution in [2.24, 2.45) is 0 Å². The summed E-state index contributed by atoms with van der Waals surface area (Å²) in [6.45, 7) is 1.05. The summed E-state index contributed by atoms with van der Waals surface area (Å²) in [4.78, 5) is 3.52. The lowest BCUT2D eigenvalue weighted by atomic mass is 10.4. The van der Waals surface area contributed by atoms with E-state index in [1.165, 1.54) is 4.91 Å². The molecular formula is C7H11NS. The number of hydrogen-bond acceptors (Lipinski definition) is 2. The Morgan fingerprint density at radius 3 is 2.89 bits per heavy atom. The molecule has 1 aliphatic rings. The molecule has 1 aliphatic heterocycles. The van der Waals surface area contributed by atoms with Crippen molar-refractivity contribution in [2.75, 3.05) is 19.8 Å². The number of allylic oxidation sites excluding steroid dienone is 1. The molecule has 1 heterocycles. The van der Waals surface area contributed by atoms with Gasteiger partial charge in [-0.25, -0.2) is 0 Å². The van der Waals surface area contributed by atoms with Crippen molar-refractivity contribution in [3.63, 3.8) is 0 Å². The first-order valence-electron chi connectivity index (χ1n) is 2.95. The summed E-state index contributed by atoms with van der Waals surface area (Å²) in [6.07, 6.45) is 8.56. The van der Waals surface area contributed by atoms with Gasteiger partial charge in [0.05, 0.1) is 0 Å². The molecule has 50 valence electrons. The predicted molar refractivity (Wildman–Crippen MR) is 43.4 cm³/mol. The summed E-state index contributed by atoms with van der Waals surface area (Å²) in [7, 11) is 2.07. The second-order valence-electron chi connectivity index (χ2n) is 2.07. The molecule has 1 nitrogen and oxygen atoms in total. The van der Waals surface area contributed by atoms with Gasteiger partial charge in [-0.05, 0) is 12.3 Å². The average Bonchev–Trinajstić information content (AvgIpc) is 1.90. The second-order valence-corrected chi connectivity index (χ2v) is 2.95. The highest BCUT2D eigenvalue weighted by Gasteiger charge is 1.96. The van der Waals surface area contributed by atoms with Crippen LogP contribution in [0, 0.1) is 0 Å². The van der Waals surface area contributed by atoms with Gasteiger partial charge in [0.1, 0.15) is 0 Å². The van der Waals surface area contributed by atoms with Crippen molar-refractivity contribution in [2.45, 2.75) is 0 Å². The van der Waals surface area contributed by atoms with E-state index in [-0.39, 0.29) is 0 Å². The van der Waals surface area contributed by atoms with Crippen molar-refractivity contribution < 1.29 is 0 Å². The van der Waals surface area contributed by atoms with Crippen LogP contribution in [0.25, 0.3) is 0 Å². The van der Waals surface area contributed by atoms with Crippen molar-refractivity contribution in [3.05, 3.63) is 23.3 Å².